The zero-order chi connectivity index (χ0) is 13.0. The molecule has 0 aliphatic heterocycles. The van der Waals surface area contributed by atoms with Crippen LogP contribution in [0.3, 0.4) is 0 Å². The molecule has 0 radical (unpaired) electrons. The van der Waals surface area contributed by atoms with Crippen LogP contribution in [0.25, 0.3) is 0 Å². The molecule has 0 saturated heterocycles. The fourth-order valence-electron chi connectivity index (χ4n) is 1.56. The van der Waals surface area contributed by atoms with Crippen molar-refractivity contribution in [1.82, 2.24) is 0 Å². The van der Waals surface area contributed by atoms with Gasteiger partial charge in [-0.25, -0.2) is 4.39 Å². The summed E-state index contributed by atoms with van der Waals surface area (Å²) >= 11 is 5.65. The molecule has 1 unspecified atom stereocenters. The molecular formula is C13H17ClFNO2. The van der Waals surface area contributed by atoms with Gasteiger partial charge in [0.15, 0.2) is 0 Å². The van der Waals surface area contributed by atoms with E-state index in [1.54, 1.807) is 6.07 Å². The van der Waals surface area contributed by atoms with Gasteiger partial charge in [-0.15, -0.1) is 0 Å². The Balaban J connectivity index is 1.67. The normalized spacial score (nSPS) is 16.6. The molecule has 1 atom stereocenters. The fourth-order valence-corrected chi connectivity index (χ4v) is 1.74. The summed E-state index contributed by atoms with van der Waals surface area (Å²) in [5.74, 6) is 0.247. The summed E-state index contributed by atoms with van der Waals surface area (Å²) in [4.78, 5) is 0. The number of rotatable bonds is 7. The van der Waals surface area contributed by atoms with E-state index in [1.165, 1.54) is 25.0 Å². The second-order valence-electron chi connectivity index (χ2n) is 4.64. The maximum atomic E-state index is 12.9. The lowest BCUT2D eigenvalue weighted by atomic mass is 10.3. The largest absolute Gasteiger partial charge is 0.389 e. The predicted molar refractivity (Wildman–Crippen MR) is 69.4 cm³/mol. The summed E-state index contributed by atoms with van der Waals surface area (Å²) in [6.07, 6.45) is 1.90. The van der Waals surface area contributed by atoms with Gasteiger partial charge >= 0.3 is 0 Å². The number of ether oxygens (including phenoxy) is 1. The van der Waals surface area contributed by atoms with Crippen molar-refractivity contribution in [3.8, 4) is 0 Å². The lowest BCUT2D eigenvalue weighted by Gasteiger charge is -2.13. The molecule has 0 spiro atoms. The third-order valence-electron chi connectivity index (χ3n) is 2.82. The summed E-state index contributed by atoms with van der Waals surface area (Å²) in [7, 11) is 0. The van der Waals surface area contributed by atoms with Crippen LogP contribution in [0.4, 0.5) is 10.1 Å². The van der Waals surface area contributed by atoms with Gasteiger partial charge in [0.1, 0.15) is 5.82 Å². The topological polar surface area (TPSA) is 41.5 Å². The molecule has 0 aromatic heterocycles. The maximum absolute atomic E-state index is 12.9. The van der Waals surface area contributed by atoms with E-state index in [4.69, 9.17) is 16.3 Å². The summed E-state index contributed by atoms with van der Waals surface area (Å²) in [5, 5.41) is 12.7. The van der Waals surface area contributed by atoms with Crippen molar-refractivity contribution >= 4 is 17.3 Å². The van der Waals surface area contributed by atoms with Crippen LogP contribution < -0.4 is 5.32 Å². The SMILES string of the molecule is OC(CNc1ccc(F)c(Cl)c1)COCC1CC1. The van der Waals surface area contributed by atoms with Crippen LogP contribution in [-0.2, 0) is 4.74 Å². The minimum Gasteiger partial charge on any atom is -0.389 e. The molecule has 1 aromatic carbocycles. The Labute approximate surface area is 111 Å². The number of benzene rings is 1. The molecule has 1 fully saturated rings. The first-order valence-electron chi connectivity index (χ1n) is 6.10. The lowest BCUT2D eigenvalue weighted by Crippen LogP contribution is -2.25. The molecule has 0 amide bonds. The Kier molecular flexibility index (Phi) is 4.80. The molecule has 2 rings (SSSR count). The van der Waals surface area contributed by atoms with E-state index in [9.17, 15) is 9.50 Å². The third-order valence-corrected chi connectivity index (χ3v) is 3.11. The monoisotopic (exact) mass is 273 g/mol. The number of aliphatic hydroxyl groups excluding tert-OH is 1. The van der Waals surface area contributed by atoms with Crippen LogP contribution >= 0.6 is 11.6 Å². The van der Waals surface area contributed by atoms with Crippen molar-refractivity contribution in [3.63, 3.8) is 0 Å². The molecular weight excluding hydrogens is 257 g/mol. The molecule has 1 aliphatic rings. The Morgan fingerprint density at radius 2 is 2.28 bits per heavy atom. The van der Waals surface area contributed by atoms with Crippen LogP contribution in [0.5, 0.6) is 0 Å². The Morgan fingerprint density at radius 1 is 1.50 bits per heavy atom. The van der Waals surface area contributed by atoms with E-state index in [1.807, 2.05) is 0 Å². The van der Waals surface area contributed by atoms with E-state index in [0.29, 0.717) is 24.8 Å². The maximum Gasteiger partial charge on any atom is 0.141 e. The zero-order valence-corrected chi connectivity index (χ0v) is 10.8. The van der Waals surface area contributed by atoms with Gasteiger partial charge in [-0.1, -0.05) is 11.6 Å². The van der Waals surface area contributed by atoms with E-state index in [0.717, 1.165) is 6.61 Å². The van der Waals surface area contributed by atoms with Crippen molar-refractivity contribution in [3.05, 3.63) is 29.0 Å². The van der Waals surface area contributed by atoms with Crippen LogP contribution in [0.2, 0.25) is 5.02 Å². The van der Waals surface area contributed by atoms with E-state index < -0.39 is 11.9 Å². The second kappa shape index (κ2) is 6.36. The van der Waals surface area contributed by atoms with Gasteiger partial charge < -0.3 is 15.2 Å². The summed E-state index contributed by atoms with van der Waals surface area (Å²) in [6, 6.07) is 4.37. The highest BCUT2D eigenvalue weighted by Crippen LogP contribution is 2.28. The molecule has 0 bridgehead atoms. The lowest BCUT2D eigenvalue weighted by molar-refractivity contribution is 0.0386. The van der Waals surface area contributed by atoms with Crippen molar-refractivity contribution in [1.29, 1.82) is 0 Å². The highest BCUT2D eigenvalue weighted by atomic mass is 35.5. The number of anilines is 1. The first-order valence-corrected chi connectivity index (χ1v) is 6.47. The smallest absolute Gasteiger partial charge is 0.141 e. The molecule has 1 saturated carbocycles. The van der Waals surface area contributed by atoms with Crippen LogP contribution in [-0.4, -0.2) is 31.0 Å². The summed E-state index contributed by atoms with van der Waals surface area (Å²) < 4.78 is 18.3. The van der Waals surface area contributed by atoms with Crippen molar-refractivity contribution in [2.75, 3.05) is 25.1 Å². The summed E-state index contributed by atoms with van der Waals surface area (Å²) in [5.41, 5.74) is 0.683. The van der Waals surface area contributed by atoms with E-state index >= 15 is 0 Å². The van der Waals surface area contributed by atoms with E-state index in [-0.39, 0.29) is 5.02 Å². The highest BCUT2D eigenvalue weighted by Gasteiger charge is 2.21. The second-order valence-corrected chi connectivity index (χ2v) is 5.05. The average Bonchev–Trinajstić information content (AvgIpc) is 3.15. The highest BCUT2D eigenvalue weighted by molar-refractivity contribution is 6.31. The predicted octanol–water partition coefficient (Wildman–Crippen LogP) is 2.68. The third kappa shape index (κ3) is 4.44. The van der Waals surface area contributed by atoms with Crippen molar-refractivity contribution < 1.29 is 14.2 Å². The molecule has 0 heterocycles. The van der Waals surface area contributed by atoms with Crippen molar-refractivity contribution in [2.45, 2.75) is 18.9 Å². The quantitative estimate of drug-likeness (QED) is 0.803. The van der Waals surface area contributed by atoms with Gasteiger partial charge in [0.25, 0.3) is 0 Å². The Hall–Kier alpha value is -0.840. The van der Waals surface area contributed by atoms with Gasteiger partial charge in [-0.2, -0.15) is 0 Å². The van der Waals surface area contributed by atoms with Crippen LogP contribution in [0, 0.1) is 11.7 Å². The molecule has 1 aliphatic carbocycles. The fraction of sp³-hybridized carbons (Fsp3) is 0.538. The van der Waals surface area contributed by atoms with Crippen LogP contribution in [0.1, 0.15) is 12.8 Å². The van der Waals surface area contributed by atoms with Crippen LogP contribution in [0.15, 0.2) is 18.2 Å². The number of halogens is 2. The molecule has 2 N–H and O–H groups in total. The van der Waals surface area contributed by atoms with Gasteiger partial charge in [-0.3, -0.25) is 0 Å². The molecule has 100 valence electrons. The van der Waals surface area contributed by atoms with Crippen molar-refractivity contribution in [2.24, 2.45) is 5.92 Å². The number of aliphatic hydroxyl groups is 1. The Bertz CT molecular complexity index is 399. The number of nitrogens with one attached hydrogen (secondary N) is 1. The minimum atomic E-state index is -0.576. The van der Waals surface area contributed by atoms with E-state index in [2.05, 4.69) is 5.32 Å². The van der Waals surface area contributed by atoms with Gasteiger partial charge in [0.05, 0.1) is 17.7 Å². The number of hydrogen-bond acceptors (Lipinski definition) is 3. The minimum absolute atomic E-state index is 0.0690. The van der Waals surface area contributed by atoms with Gasteiger partial charge in [-0.05, 0) is 37.0 Å². The summed E-state index contributed by atoms with van der Waals surface area (Å²) in [6.45, 7) is 1.41. The standard InChI is InChI=1S/C13H17ClFNO2/c14-12-5-10(3-4-13(12)15)16-6-11(17)8-18-7-9-1-2-9/h3-5,9,11,16-17H,1-2,6-8H2. The molecule has 18 heavy (non-hydrogen) atoms. The van der Waals surface area contributed by atoms with Gasteiger partial charge in [0, 0.05) is 18.8 Å². The average molecular weight is 274 g/mol. The first kappa shape index (κ1) is 13.6. The van der Waals surface area contributed by atoms with Gasteiger partial charge in [0.2, 0.25) is 0 Å². The molecule has 5 heteroatoms. The molecule has 3 nitrogen and oxygen atoms in total. The molecule has 1 aromatic rings. The number of hydrogen-bond donors (Lipinski definition) is 2. The Morgan fingerprint density at radius 3 is 2.94 bits per heavy atom. The first-order chi connectivity index (χ1) is 8.65. The zero-order valence-electron chi connectivity index (χ0n) is 10.0.